The van der Waals surface area contributed by atoms with Crippen molar-refractivity contribution in [2.75, 3.05) is 26.8 Å². The van der Waals surface area contributed by atoms with Gasteiger partial charge in [0.15, 0.2) is 18.1 Å². The Hall–Kier alpha value is -3.09. The van der Waals surface area contributed by atoms with Gasteiger partial charge >= 0.3 is 0 Å². The fourth-order valence-electron chi connectivity index (χ4n) is 2.05. The van der Waals surface area contributed by atoms with E-state index in [1.807, 2.05) is 0 Å². The Bertz CT molecular complexity index is 737. The van der Waals surface area contributed by atoms with Crippen molar-refractivity contribution in [3.8, 4) is 11.5 Å². The first-order valence-electron chi connectivity index (χ1n) is 7.67. The second-order valence-corrected chi connectivity index (χ2v) is 5.03. The van der Waals surface area contributed by atoms with Crippen LogP contribution in [0.25, 0.3) is 0 Å². The van der Waals surface area contributed by atoms with E-state index in [1.165, 1.54) is 25.3 Å². The monoisotopic (exact) mass is 346 g/mol. The van der Waals surface area contributed by atoms with Gasteiger partial charge in [0, 0.05) is 13.1 Å². The lowest BCUT2D eigenvalue weighted by atomic mass is 10.2. The summed E-state index contributed by atoms with van der Waals surface area (Å²) in [5.74, 6) is -0.460. The van der Waals surface area contributed by atoms with Crippen molar-refractivity contribution in [3.63, 3.8) is 0 Å². The van der Waals surface area contributed by atoms with Crippen LogP contribution in [0.4, 0.5) is 4.39 Å². The number of halogens is 1. The Morgan fingerprint density at radius 1 is 0.960 bits per heavy atom. The first kappa shape index (κ1) is 18.3. The standard InChI is InChI=1S/C18H19FN2O4/c1-24-15-8-4-5-9-16(15)25-12-17(22)20-10-11-21-18(23)13-6-2-3-7-14(13)19/h2-9H,10-12H2,1H3,(H,20,22)(H,21,23). The molecule has 0 fully saturated rings. The fraction of sp³-hybridized carbons (Fsp3) is 0.222. The lowest BCUT2D eigenvalue weighted by Crippen LogP contribution is -2.37. The van der Waals surface area contributed by atoms with Crippen LogP contribution in [0, 0.1) is 5.82 Å². The summed E-state index contributed by atoms with van der Waals surface area (Å²) in [6.45, 7) is 0.198. The largest absolute Gasteiger partial charge is 0.493 e. The number of rotatable bonds is 8. The number of hydrogen-bond donors (Lipinski definition) is 2. The normalized spacial score (nSPS) is 10.0. The second kappa shape index (κ2) is 9.27. The molecule has 2 aromatic carbocycles. The van der Waals surface area contributed by atoms with Gasteiger partial charge in [-0.3, -0.25) is 9.59 Å². The van der Waals surface area contributed by atoms with Crippen molar-refractivity contribution in [3.05, 3.63) is 59.9 Å². The molecule has 0 saturated carbocycles. The summed E-state index contributed by atoms with van der Waals surface area (Å²) in [5.41, 5.74) is -0.0340. The number of hydrogen-bond acceptors (Lipinski definition) is 4. The molecule has 2 N–H and O–H groups in total. The first-order chi connectivity index (χ1) is 12.1. The Kier molecular flexibility index (Phi) is 6.76. The van der Waals surface area contributed by atoms with Crippen LogP contribution in [0.1, 0.15) is 10.4 Å². The molecular formula is C18H19FN2O4. The van der Waals surface area contributed by atoms with Crippen LogP contribution in [0.15, 0.2) is 48.5 Å². The molecule has 0 unspecified atom stereocenters. The minimum Gasteiger partial charge on any atom is -0.493 e. The Labute approximate surface area is 144 Å². The average Bonchev–Trinajstić information content (AvgIpc) is 2.64. The molecule has 7 heteroatoms. The molecule has 0 aromatic heterocycles. The molecule has 2 rings (SSSR count). The van der Waals surface area contributed by atoms with Gasteiger partial charge in [-0.2, -0.15) is 0 Å². The highest BCUT2D eigenvalue weighted by Crippen LogP contribution is 2.25. The van der Waals surface area contributed by atoms with Gasteiger partial charge in [-0.1, -0.05) is 24.3 Å². The van der Waals surface area contributed by atoms with E-state index in [0.717, 1.165) is 0 Å². The van der Waals surface area contributed by atoms with E-state index in [0.29, 0.717) is 11.5 Å². The second-order valence-electron chi connectivity index (χ2n) is 5.03. The van der Waals surface area contributed by atoms with Gasteiger partial charge in [0.25, 0.3) is 11.8 Å². The van der Waals surface area contributed by atoms with Gasteiger partial charge in [-0.05, 0) is 24.3 Å². The maximum Gasteiger partial charge on any atom is 0.258 e. The molecule has 0 bridgehead atoms. The number of methoxy groups -OCH3 is 1. The molecule has 2 aromatic rings. The SMILES string of the molecule is COc1ccccc1OCC(=O)NCCNC(=O)c1ccccc1F. The lowest BCUT2D eigenvalue weighted by Gasteiger charge is -2.11. The summed E-state index contributed by atoms with van der Waals surface area (Å²) >= 11 is 0. The predicted octanol–water partition coefficient (Wildman–Crippen LogP) is 1.76. The summed E-state index contributed by atoms with van der Waals surface area (Å²) in [6, 6.07) is 12.7. The highest BCUT2D eigenvalue weighted by molar-refractivity contribution is 5.94. The number of ether oxygens (including phenoxy) is 2. The van der Waals surface area contributed by atoms with E-state index >= 15 is 0 Å². The number of carbonyl (C=O) groups is 2. The highest BCUT2D eigenvalue weighted by Gasteiger charge is 2.10. The van der Waals surface area contributed by atoms with Crippen LogP contribution in [0.5, 0.6) is 11.5 Å². The van der Waals surface area contributed by atoms with Crippen molar-refractivity contribution in [2.24, 2.45) is 0 Å². The van der Waals surface area contributed by atoms with Crippen molar-refractivity contribution in [2.45, 2.75) is 0 Å². The summed E-state index contributed by atoms with van der Waals surface area (Å²) < 4.78 is 23.9. The van der Waals surface area contributed by atoms with Crippen LogP contribution in [-0.2, 0) is 4.79 Å². The Balaban J connectivity index is 1.69. The fourth-order valence-corrected chi connectivity index (χ4v) is 2.05. The molecular weight excluding hydrogens is 327 g/mol. The third kappa shape index (κ3) is 5.49. The first-order valence-corrected chi connectivity index (χ1v) is 7.67. The maximum absolute atomic E-state index is 13.4. The van der Waals surface area contributed by atoms with Gasteiger partial charge in [-0.25, -0.2) is 4.39 Å². The molecule has 0 radical (unpaired) electrons. The van der Waals surface area contributed by atoms with Crippen LogP contribution < -0.4 is 20.1 Å². The number of carbonyl (C=O) groups excluding carboxylic acids is 2. The van der Waals surface area contributed by atoms with Crippen LogP contribution >= 0.6 is 0 Å². The topological polar surface area (TPSA) is 76.7 Å². The van der Waals surface area contributed by atoms with Crippen LogP contribution in [-0.4, -0.2) is 38.6 Å². The molecule has 0 saturated heterocycles. The molecule has 0 spiro atoms. The van der Waals surface area contributed by atoms with Gasteiger partial charge in [0.2, 0.25) is 0 Å². The smallest absolute Gasteiger partial charge is 0.258 e. The number of para-hydroxylation sites is 2. The quantitative estimate of drug-likeness (QED) is 0.714. The molecule has 6 nitrogen and oxygen atoms in total. The lowest BCUT2D eigenvalue weighted by molar-refractivity contribution is -0.123. The van der Waals surface area contributed by atoms with Crippen LogP contribution in [0.3, 0.4) is 0 Å². The zero-order valence-corrected chi connectivity index (χ0v) is 13.8. The van der Waals surface area contributed by atoms with E-state index in [4.69, 9.17) is 9.47 Å². The number of nitrogens with one attached hydrogen (secondary N) is 2. The molecule has 2 amide bonds. The van der Waals surface area contributed by atoms with E-state index in [2.05, 4.69) is 10.6 Å². The van der Waals surface area contributed by atoms with Crippen molar-refractivity contribution in [1.82, 2.24) is 10.6 Å². The summed E-state index contributed by atoms with van der Waals surface area (Å²) in [5, 5.41) is 5.13. The maximum atomic E-state index is 13.4. The van der Waals surface area contributed by atoms with E-state index in [-0.39, 0.29) is 31.2 Å². The average molecular weight is 346 g/mol. The van der Waals surface area contributed by atoms with E-state index < -0.39 is 11.7 Å². The number of amides is 2. The summed E-state index contributed by atoms with van der Waals surface area (Å²) in [4.78, 5) is 23.5. The number of benzene rings is 2. The van der Waals surface area contributed by atoms with Crippen molar-refractivity contribution >= 4 is 11.8 Å². The van der Waals surface area contributed by atoms with E-state index in [1.54, 1.807) is 30.3 Å². The molecule has 0 aliphatic rings. The molecule has 0 atom stereocenters. The Morgan fingerprint density at radius 2 is 1.60 bits per heavy atom. The molecule has 0 heterocycles. The van der Waals surface area contributed by atoms with Crippen molar-refractivity contribution in [1.29, 1.82) is 0 Å². The van der Waals surface area contributed by atoms with Gasteiger partial charge in [-0.15, -0.1) is 0 Å². The zero-order valence-electron chi connectivity index (χ0n) is 13.8. The highest BCUT2D eigenvalue weighted by atomic mass is 19.1. The van der Waals surface area contributed by atoms with Gasteiger partial charge < -0.3 is 20.1 Å². The zero-order chi connectivity index (χ0) is 18.1. The van der Waals surface area contributed by atoms with Crippen molar-refractivity contribution < 1.29 is 23.5 Å². The third-order valence-corrected chi connectivity index (χ3v) is 3.28. The van der Waals surface area contributed by atoms with Crippen LogP contribution in [0.2, 0.25) is 0 Å². The van der Waals surface area contributed by atoms with Gasteiger partial charge in [0.1, 0.15) is 5.82 Å². The molecule has 25 heavy (non-hydrogen) atoms. The molecule has 0 aliphatic carbocycles. The summed E-state index contributed by atoms with van der Waals surface area (Å²) in [7, 11) is 1.51. The minimum atomic E-state index is -0.589. The molecule has 0 aliphatic heterocycles. The Morgan fingerprint density at radius 3 is 2.32 bits per heavy atom. The van der Waals surface area contributed by atoms with Gasteiger partial charge in [0.05, 0.1) is 12.7 Å². The molecule has 132 valence electrons. The predicted molar refractivity (Wildman–Crippen MR) is 90.2 cm³/mol. The third-order valence-electron chi connectivity index (χ3n) is 3.28. The summed E-state index contributed by atoms with van der Waals surface area (Å²) in [6.07, 6.45) is 0. The van der Waals surface area contributed by atoms with E-state index in [9.17, 15) is 14.0 Å². The minimum absolute atomic E-state index is 0.0340.